The summed E-state index contributed by atoms with van der Waals surface area (Å²) < 4.78 is 4.73. The fourth-order valence-corrected chi connectivity index (χ4v) is 0.653. The zero-order valence-electron chi connectivity index (χ0n) is 8.40. The molecule has 0 heterocycles. The Morgan fingerprint density at radius 3 is 2.21 bits per heavy atom. The van der Waals surface area contributed by atoms with Gasteiger partial charge in [-0.3, -0.25) is 4.79 Å². The van der Waals surface area contributed by atoms with Gasteiger partial charge < -0.3 is 15.1 Å². The lowest BCUT2D eigenvalue weighted by Gasteiger charge is -2.20. The molecule has 0 amide bonds. The Kier molecular flexibility index (Phi) is 4.69. The standard InChI is InChI=1S/C8H15NO5/c1-8(2,3)14-7(12)6(11)5(4-10)9-13/h5,9-10,13H,4H2,1-3H3/t5-/m0/s1. The number of hydroxylamine groups is 1. The number of hydrogen-bond acceptors (Lipinski definition) is 6. The van der Waals surface area contributed by atoms with Crippen molar-refractivity contribution in [3.63, 3.8) is 0 Å². The normalized spacial score (nSPS) is 13.5. The maximum absolute atomic E-state index is 11.1. The summed E-state index contributed by atoms with van der Waals surface area (Å²) in [5.74, 6) is -2.09. The minimum Gasteiger partial charge on any atom is -0.454 e. The van der Waals surface area contributed by atoms with Crippen molar-refractivity contribution in [2.24, 2.45) is 0 Å². The number of aliphatic hydroxyl groups excluding tert-OH is 1. The average Bonchev–Trinajstić information content (AvgIpc) is 2.03. The molecular weight excluding hydrogens is 190 g/mol. The van der Waals surface area contributed by atoms with E-state index in [0.29, 0.717) is 0 Å². The van der Waals surface area contributed by atoms with Gasteiger partial charge in [-0.1, -0.05) is 0 Å². The Labute approximate surface area is 81.8 Å². The van der Waals surface area contributed by atoms with E-state index in [1.807, 2.05) is 0 Å². The van der Waals surface area contributed by atoms with E-state index < -0.39 is 30.0 Å². The maximum Gasteiger partial charge on any atom is 0.377 e. The molecule has 6 nitrogen and oxygen atoms in total. The molecule has 0 aliphatic carbocycles. The Balaban J connectivity index is 4.32. The van der Waals surface area contributed by atoms with Gasteiger partial charge >= 0.3 is 5.97 Å². The first-order valence-corrected chi connectivity index (χ1v) is 4.09. The highest BCUT2D eigenvalue weighted by Gasteiger charge is 2.28. The molecule has 0 saturated heterocycles. The van der Waals surface area contributed by atoms with Crippen LogP contribution in [0, 0.1) is 0 Å². The molecular formula is C8H15NO5. The fraction of sp³-hybridized carbons (Fsp3) is 0.750. The van der Waals surface area contributed by atoms with Crippen LogP contribution in [0.25, 0.3) is 0 Å². The van der Waals surface area contributed by atoms with E-state index >= 15 is 0 Å². The summed E-state index contributed by atoms with van der Waals surface area (Å²) in [6, 6.07) is -1.33. The molecule has 0 spiro atoms. The average molecular weight is 205 g/mol. The van der Waals surface area contributed by atoms with Gasteiger partial charge in [-0.15, -0.1) is 0 Å². The van der Waals surface area contributed by atoms with Crippen LogP contribution in [0.2, 0.25) is 0 Å². The molecule has 0 radical (unpaired) electrons. The van der Waals surface area contributed by atoms with Crippen LogP contribution in [-0.2, 0) is 14.3 Å². The summed E-state index contributed by atoms with van der Waals surface area (Å²) in [5, 5.41) is 17.0. The predicted molar refractivity (Wildman–Crippen MR) is 46.6 cm³/mol. The number of carbonyl (C=O) groups excluding carboxylic acids is 2. The number of carbonyl (C=O) groups is 2. The van der Waals surface area contributed by atoms with Crippen molar-refractivity contribution in [2.75, 3.05) is 6.61 Å². The molecule has 0 fully saturated rings. The Morgan fingerprint density at radius 2 is 1.93 bits per heavy atom. The van der Waals surface area contributed by atoms with Crippen LogP contribution in [0.3, 0.4) is 0 Å². The highest BCUT2D eigenvalue weighted by molar-refractivity contribution is 6.35. The smallest absolute Gasteiger partial charge is 0.377 e. The number of Topliss-reactive ketones (excluding diaryl/α,β-unsaturated/α-hetero) is 1. The second kappa shape index (κ2) is 5.04. The number of ether oxygens (including phenoxy) is 1. The van der Waals surface area contributed by atoms with Crippen LogP contribution in [-0.4, -0.2) is 40.3 Å². The van der Waals surface area contributed by atoms with Crippen molar-refractivity contribution in [3.8, 4) is 0 Å². The van der Waals surface area contributed by atoms with Gasteiger partial charge in [-0.05, 0) is 20.8 Å². The summed E-state index contributed by atoms with van der Waals surface area (Å²) in [6.07, 6.45) is 0. The van der Waals surface area contributed by atoms with Gasteiger partial charge in [0.15, 0.2) is 0 Å². The second-order valence-corrected chi connectivity index (χ2v) is 3.73. The molecule has 0 bridgehead atoms. The molecule has 3 N–H and O–H groups in total. The third-order valence-electron chi connectivity index (χ3n) is 1.25. The lowest BCUT2D eigenvalue weighted by molar-refractivity contribution is -0.164. The third kappa shape index (κ3) is 4.31. The third-order valence-corrected chi connectivity index (χ3v) is 1.25. The van der Waals surface area contributed by atoms with Crippen molar-refractivity contribution in [3.05, 3.63) is 0 Å². The molecule has 0 aromatic heterocycles. The van der Waals surface area contributed by atoms with E-state index in [4.69, 9.17) is 15.1 Å². The highest BCUT2D eigenvalue weighted by Crippen LogP contribution is 2.07. The molecule has 82 valence electrons. The van der Waals surface area contributed by atoms with Crippen molar-refractivity contribution in [1.29, 1.82) is 0 Å². The molecule has 0 unspecified atom stereocenters. The number of ketones is 1. The van der Waals surface area contributed by atoms with Crippen LogP contribution < -0.4 is 5.48 Å². The first kappa shape index (κ1) is 13.0. The van der Waals surface area contributed by atoms with Crippen molar-refractivity contribution in [1.82, 2.24) is 5.48 Å². The second-order valence-electron chi connectivity index (χ2n) is 3.73. The highest BCUT2D eigenvalue weighted by atomic mass is 16.6. The molecule has 0 rings (SSSR count). The SMILES string of the molecule is CC(C)(C)OC(=O)C(=O)[C@H](CO)NO. The van der Waals surface area contributed by atoms with Crippen LogP contribution in [0.15, 0.2) is 0 Å². The van der Waals surface area contributed by atoms with Gasteiger partial charge in [0.2, 0.25) is 0 Å². The summed E-state index contributed by atoms with van der Waals surface area (Å²) in [6.45, 7) is 4.16. The minimum absolute atomic E-state index is 0.672. The van der Waals surface area contributed by atoms with Gasteiger partial charge in [0, 0.05) is 0 Å². The number of esters is 1. The number of nitrogens with one attached hydrogen (secondary N) is 1. The van der Waals surface area contributed by atoms with Crippen LogP contribution in [0.5, 0.6) is 0 Å². The van der Waals surface area contributed by atoms with E-state index in [1.165, 1.54) is 5.48 Å². The summed E-state index contributed by atoms with van der Waals surface area (Å²) in [4.78, 5) is 22.2. The summed E-state index contributed by atoms with van der Waals surface area (Å²) in [7, 11) is 0. The van der Waals surface area contributed by atoms with E-state index in [2.05, 4.69) is 0 Å². The topological polar surface area (TPSA) is 95.9 Å². The van der Waals surface area contributed by atoms with Gasteiger partial charge in [0.25, 0.3) is 5.78 Å². The lowest BCUT2D eigenvalue weighted by atomic mass is 10.1. The van der Waals surface area contributed by atoms with E-state index in [1.54, 1.807) is 20.8 Å². The van der Waals surface area contributed by atoms with Gasteiger partial charge in [0.05, 0.1) is 6.61 Å². The summed E-state index contributed by atoms with van der Waals surface area (Å²) >= 11 is 0. The predicted octanol–water partition coefficient (Wildman–Crippen LogP) is -0.763. The zero-order chi connectivity index (χ0) is 11.4. The molecule has 14 heavy (non-hydrogen) atoms. The van der Waals surface area contributed by atoms with Gasteiger partial charge in [-0.25, -0.2) is 4.79 Å². The quantitative estimate of drug-likeness (QED) is 0.317. The van der Waals surface area contributed by atoms with Crippen LogP contribution in [0.4, 0.5) is 0 Å². The monoisotopic (exact) mass is 205 g/mol. The Hall–Kier alpha value is -0.980. The lowest BCUT2D eigenvalue weighted by Crippen LogP contribution is -2.44. The summed E-state index contributed by atoms with van der Waals surface area (Å²) in [5.41, 5.74) is 0.742. The Morgan fingerprint density at radius 1 is 1.43 bits per heavy atom. The van der Waals surface area contributed by atoms with Crippen LogP contribution >= 0.6 is 0 Å². The number of rotatable bonds is 4. The van der Waals surface area contributed by atoms with E-state index in [0.717, 1.165) is 0 Å². The van der Waals surface area contributed by atoms with E-state index in [-0.39, 0.29) is 0 Å². The molecule has 0 aromatic rings. The molecule has 0 aliphatic heterocycles. The molecule has 6 heteroatoms. The van der Waals surface area contributed by atoms with Gasteiger partial charge in [0.1, 0.15) is 11.6 Å². The minimum atomic E-state index is -1.33. The largest absolute Gasteiger partial charge is 0.454 e. The van der Waals surface area contributed by atoms with Crippen LogP contribution in [0.1, 0.15) is 20.8 Å². The molecule has 0 aromatic carbocycles. The molecule has 0 saturated carbocycles. The van der Waals surface area contributed by atoms with Gasteiger partial charge in [-0.2, -0.15) is 5.48 Å². The number of aliphatic hydroxyl groups is 1. The van der Waals surface area contributed by atoms with Crippen molar-refractivity contribution in [2.45, 2.75) is 32.4 Å². The molecule has 1 atom stereocenters. The first-order chi connectivity index (χ1) is 6.31. The Bertz CT molecular complexity index is 216. The number of hydrogen-bond donors (Lipinski definition) is 3. The van der Waals surface area contributed by atoms with Crippen molar-refractivity contribution >= 4 is 11.8 Å². The maximum atomic E-state index is 11.1. The van der Waals surface area contributed by atoms with E-state index in [9.17, 15) is 9.59 Å². The first-order valence-electron chi connectivity index (χ1n) is 4.09. The van der Waals surface area contributed by atoms with Crippen molar-refractivity contribution < 1.29 is 24.6 Å². The molecule has 0 aliphatic rings. The fourth-order valence-electron chi connectivity index (χ4n) is 0.653. The zero-order valence-corrected chi connectivity index (χ0v) is 8.40.